The van der Waals surface area contributed by atoms with E-state index in [1.165, 1.54) is 12.5 Å². The molecule has 0 unspecified atom stereocenters. The first-order valence-electron chi connectivity index (χ1n) is 8.20. The van der Waals surface area contributed by atoms with Crippen molar-refractivity contribution in [2.45, 2.75) is 19.2 Å². The number of rotatable bonds is 10. The first kappa shape index (κ1) is 22.5. The number of halogens is 1. The zero-order chi connectivity index (χ0) is 21.4. The Balaban J connectivity index is 2.02. The van der Waals surface area contributed by atoms with Crippen molar-refractivity contribution in [1.29, 1.82) is 0 Å². The summed E-state index contributed by atoms with van der Waals surface area (Å²) in [5.74, 6) is -2.59. The molecule has 0 aliphatic carbocycles. The number of hydrogen-bond donors (Lipinski definition) is 3. The molecular formula is C15H18ClN5O7S. The maximum Gasteiger partial charge on any atom is 0.332 e. The number of β-lactam (4-membered cyclic amide) rings is 1. The van der Waals surface area contributed by atoms with Gasteiger partial charge in [0.1, 0.15) is 25.3 Å². The van der Waals surface area contributed by atoms with Crippen molar-refractivity contribution in [2.24, 2.45) is 5.16 Å². The summed E-state index contributed by atoms with van der Waals surface area (Å²) >= 11 is 6.47. The summed E-state index contributed by atoms with van der Waals surface area (Å²) in [7, 11) is 1.23. The fraction of sp³-hybridized carbons (Fsp3) is 0.467. The topological polar surface area (TPSA) is 157 Å². The minimum Gasteiger partial charge on any atom is -0.464 e. The van der Waals surface area contributed by atoms with E-state index in [1.807, 2.05) is 0 Å². The molecule has 0 spiro atoms. The predicted molar refractivity (Wildman–Crippen MR) is 101 cm³/mol. The lowest BCUT2D eigenvalue weighted by atomic mass is 10.1. The second kappa shape index (κ2) is 10.7. The fourth-order valence-electron chi connectivity index (χ4n) is 2.09. The molecule has 2 rings (SSSR count). The van der Waals surface area contributed by atoms with Crippen molar-refractivity contribution in [2.75, 3.05) is 31.5 Å². The number of aromatic nitrogens is 1. The molecule has 2 heterocycles. The van der Waals surface area contributed by atoms with Crippen molar-refractivity contribution in [3.63, 3.8) is 0 Å². The molecule has 158 valence electrons. The molecule has 1 aliphatic heterocycles. The van der Waals surface area contributed by atoms with Crippen LogP contribution in [0, 0.1) is 0 Å². The number of carbonyl (C=O) groups excluding carboxylic acids is 4. The number of hydrogen-bond acceptors (Lipinski definition) is 10. The molecule has 0 saturated carbocycles. The largest absolute Gasteiger partial charge is 0.464 e. The smallest absolute Gasteiger partial charge is 0.332 e. The van der Waals surface area contributed by atoms with Gasteiger partial charge in [0.25, 0.3) is 5.91 Å². The van der Waals surface area contributed by atoms with Crippen LogP contribution >= 0.6 is 22.9 Å². The number of carbonyl (C=O) groups is 4. The lowest BCUT2D eigenvalue weighted by molar-refractivity contribution is -0.162. The number of nitrogens with one attached hydrogen (secondary N) is 3. The van der Waals surface area contributed by atoms with Gasteiger partial charge in [-0.3, -0.25) is 14.4 Å². The highest BCUT2D eigenvalue weighted by Gasteiger charge is 2.42. The van der Waals surface area contributed by atoms with Crippen LogP contribution in [0.25, 0.3) is 0 Å². The third kappa shape index (κ3) is 6.10. The third-order valence-electron chi connectivity index (χ3n) is 3.35. The van der Waals surface area contributed by atoms with Crippen LogP contribution in [0.3, 0.4) is 0 Å². The number of amides is 3. The quantitative estimate of drug-likeness (QED) is 0.138. The summed E-state index contributed by atoms with van der Waals surface area (Å²) in [4.78, 5) is 55.7. The molecule has 1 aromatic heterocycles. The first-order valence-corrected chi connectivity index (χ1v) is 9.62. The summed E-state index contributed by atoms with van der Waals surface area (Å²) in [6.07, 6.45) is -0.909. The minimum absolute atomic E-state index is 0.114. The van der Waals surface area contributed by atoms with E-state index >= 15 is 0 Å². The van der Waals surface area contributed by atoms with Crippen LogP contribution in [0.1, 0.15) is 12.6 Å². The highest BCUT2D eigenvalue weighted by molar-refractivity contribution is 7.14. The Bertz CT molecular complexity index is 815. The molecule has 0 radical (unpaired) electrons. The van der Waals surface area contributed by atoms with E-state index in [0.717, 1.165) is 11.3 Å². The Morgan fingerprint density at radius 2 is 2.17 bits per heavy atom. The molecule has 1 saturated heterocycles. The van der Waals surface area contributed by atoms with E-state index in [1.54, 1.807) is 6.92 Å². The van der Waals surface area contributed by atoms with Gasteiger partial charge >= 0.3 is 5.97 Å². The van der Waals surface area contributed by atoms with E-state index in [2.05, 4.69) is 30.9 Å². The standard InChI is InChI=1S/C15H18ClN5O7S/c1-3-27-9(23)5-28-14-11(13(25)20-14)19-12(24)10(21-26-2)7-6-29-15(17-7)18-8(22)4-16/h6,11,14H,3-5H2,1-2H3,(H,19,24)(H,20,25)(H,17,18,22)/b21-10-/t11-,14-/m1/s1. The number of anilines is 1. The monoisotopic (exact) mass is 447 g/mol. The summed E-state index contributed by atoms with van der Waals surface area (Å²) < 4.78 is 9.94. The van der Waals surface area contributed by atoms with Crippen LogP contribution in [0.4, 0.5) is 5.13 Å². The second-order valence-electron chi connectivity index (χ2n) is 5.34. The van der Waals surface area contributed by atoms with Gasteiger partial charge in [0.05, 0.1) is 6.61 Å². The number of nitrogens with zero attached hydrogens (tertiary/aromatic N) is 2. The number of esters is 1. The van der Waals surface area contributed by atoms with Crippen molar-refractivity contribution in [1.82, 2.24) is 15.6 Å². The maximum absolute atomic E-state index is 12.6. The van der Waals surface area contributed by atoms with Crippen LogP contribution < -0.4 is 16.0 Å². The highest BCUT2D eigenvalue weighted by atomic mass is 35.5. The third-order valence-corrected chi connectivity index (χ3v) is 4.36. The van der Waals surface area contributed by atoms with Gasteiger partial charge in [0.15, 0.2) is 23.1 Å². The molecule has 12 nitrogen and oxygen atoms in total. The van der Waals surface area contributed by atoms with Crippen molar-refractivity contribution < 1.29 is 33.5 Å². The highest BCUT2D eigenvalue weighted by Crippen LogP contribution is 2.17. The number of thiazole rings is 1. The molecule has 3 N–H and O–H groups in total. The summed E-state index contributed by atoms with van der Waals surface area (Å²) in [5, 5.41) is 12.6. The van der Waals surface area contributed by atoms with E-state index in [9.17, 15) is 19.2 Å². The van der Waals surface area contributed by atoms with Gasteiger partial charge in [-0.15, -0.1) is 22.9 Å². The van der Waals surface area contributed by atoms with Gasteiger partial charge in [-0.05, 0) is 6.92 Å². The molecular weight excluding hydrogens is 430 g/mol. The van der Waals surface area contributed by atoms with Crippen LogP contribution in [-0.4, -0.2) is 72.9 Å². The molecule has 0 aromatic carbocycles. The first-order chi connectivity index (χ1) is 13.9. The van der Waals surface area contributed by atoms with Gasteiger partial charge in [0.2, 0.25) is 11.8 Å². The lowest BCUT2D eigenvalue weighted by Crippen LogP contribution is -2.70. The van der Waals surface area contributed by atoms with E-state index in [4.69, 9.17) is 21.1 Å². The summed E-state index contributed by atoms with van der Waals surface area (Å²) in [5.41, 5.74) is -0.109. The molecule has 29 heavy (non-hydrogen) atoms. The van der Waals surface area contributed by atoms with Crippen LogP contribution in [-0.2, 0) is 33.5 Å². The summed E-state index contributed by atoms with van der Waals surface area (Å²) in [6, 6.07) is -1.05. The Kier molecular flexibility index (Phi) is 8.30. The molecule has 14 heteroatoms. The SMILES string of the molecule is CCOC(=O)CO[C@H]1NC(=O)[C@H]1NC(=O)/C(=N\OC)c1csc(NC(=O)CCl)n1. The molecule has 0 bridgehead atoms. The van der Waals surface area contributed by atoms with Crippen molar-refractivity contribution >= 4 is 57.5 Å². The average Bonchev–Trinajstić information content (AvgIpc) is 3.15. The van der Waals surface area contributed by atoms with Crippen molar-refractivity contribution in [3.05, 3.63) is 11.1 Å². The number of oxime groups is 1. The van der Waals surface area contributed by atoms with Crippen LogP contribution in [0.2, 0.25) is 0 Å². The normalized spacial score (nSPS) is 18.3. The van der Waals surface area contributed by atoms with Gasteiger partial charge in [0, 0.05) is 5.38 Å². The zero-order valence-electron chi connectivity index (χ0n) is 15.4. The fourth-order valence-corrected chi connectivity index (χ4v) is 2.87. The average molecular weight is 448 g/mol. The van der Waals surface area contributed by atoms with Crippen LogP contribution in [0.15, 0.2) is 10.5 Å². The van der Waals surface area contributed by atoms with Gasteiger partial charge in [-0.1, -0.05) is 5.16 Å². The Hall–Kier alpha value is -2.77. The Labute approximate surface area is 173 Å². The van der Waals surface area contributed by atoms with Gasteiger partial charge in [-0.2, -0.15) is 0 Å². The zero-order valence-corrected chi connectivity index (χ0v) is 17.0. The van der Waals surface area contributed by atoms with Gasteiger partial charge in [-0.25, -0.2) is 9.78 Å². The minimum atomic E-state index is -1.05. The van der Waals surface area contributed by atoms with E-state index in [0.29, 0.717) is 0 Å². The molecule has 1 aromatic rings. The van der Waals surface area contributed by atoms with E-state index < -0.39 is 36.0 Å². The molecule has 1 fully saturated rings. The maximum atomic E-state index is 12.6. The summed E-state index contributed by atoms with van der Waals surface area (Å²) in [6.45, 7) is 1.45. The van der Waals surface area contributed by atoms with Crippen molar-refractivity contribution in [3.8, 4) is 0 Å². The second-order valence-corrected chi connectivity index (χ2v) is 6.46. The molecule has 1 aliphatic rings. The van der Waals surface area contributed by atoms with Gasteiger partial charge < -0.3 is 30.3 Å². The Morgan fingerprint density at radius 1 is 1.41 bits per heavy atom. The van der Waals surface area contributed by atoms with E-state index in [-0.39, 0.29) is 35.6 Å². The molecule has 2 atom stereocenters. The number of alkyl halides is 1. The van der Waals surface area contributed by atoms with Crippen LogP contribution in [0.5, 0.6) is 0 Å². The Morgan fingerprint density at radius 3 is 2.79 bits per heavy atom. The lowest BCUT2D eigenvalue weighted by Gasteiger charge is -2.36. The molecule has 3 amide bonds. The predicted octanol–water partition coefficient (Wildman–Crippen LogP) is -0.809. The number of ether oxygens (including phenoxy) is 2.